The zero-order valence-electron chi connectivity index (χ0n) is 19.2. The van der Waals surface area contributed by atoms with Gasteiger partial charge in [-0.25, -0.2) is 4.79 Å². The number of rotatable bonds is 11. The van der Waals surface area contributed by atoms with E-state index < -0.39 is 12.1 Å². The van der Waals surface area contributed by atoms with E-state index in [4.69, 9.17) is 9.84 Å². The normalized spacial score (nSPS) is 14.0. The zero-order chi connectivity index (χ0) is 23.8. The minimum Gasteiger partial charge on any atom is -0.481 e. The summed E-state index contributed by atoms with van der Waals surface area (Å²) in [5, 5.41) is 14.3. The van der Waals surface area contributed by atoms with E-state index in [1.54, 1.807) is 0 Å². The van der Waals surface area contributed by atoms with Gasteiger partial charge in [0.25, 0.3) is 0 Å². The second-order valence-corrected chi connectivity index (χ2v) is 8.86. The van der Waals surface area contributed by atoms with E-state index in [0.717, 1.165) is 11.1 Å². The molecule has 0 aromatic heterocycles. The number of nitrogens with one attached hydrogen (secondary N) is 2. The molecule has 0 bridgehead atoms. The van der Waals surface area contributed by atoms with Gasteiger partial charge in [-0.3, -0.25) is 9.59 Å². The fourth-order valence-corrected chi connectivity index (χ4v) is 4.13. The number of hydrogen-bond donors (Lipinski definition) is 3. The van der Waals surface area contributed by atoms with Crippen LogP contribution in [-0.2, 0) is 14.3 Å². The molecule has 0 saturated heterocycles. The van der Waals surface area contributed by atoms with E-state index >= 15 is 0 Å². The first-order valence-electron chi connectivity index (χ1n) is 11.4. The summed E-state index contributed by atoms with van der Waals surface area (Å²) in [6.07, 6.45) is 0.396. The van der Waals surface area contributed by atoms with Gasteiger partial charge >= 0.3 is 12.1 Å². The van der Waals surface area contributed by atoms with Crippen molar-refractivity contribution in [3.63, 3.8) is 0 Å². The van der Waals surface area contributed by atoms with E-state index in [2.05, 4.69) is 34.9 Å². The van der Waals surface area contributed by atoms with Crippen LogP contribution < -0.4 is 10.6 Å². The van der Waals surface area contributed by atoms with Gasteiger partial charge in [-0.1, -0.05) is 62.4 Å². The van der Waals surface area contributed by atoms with Crippen molar-refractivity contribution in [3.05, 3.63) is 59.7 Å². The quantitative estimate of drug-likeness (QED) is 0.475. The molecule has 2 aromatic carbocycles. The van der Waals surface area contributed by atoms with Crippen molar-refractivity contribution in [2.75, 3.05) is 19.7 Å². The molecule has 1 aliphatic carbocycles. The lowest BCUT2D eigenvalue weighted by Gasteiger charge is -2.17. The van der Waals surface area contributed by atoms with E-state index in [-0.39, 0.29) is 43.1 Å². The first-order valence-corrected chi connectivity index (χ1v) is 11.4. The average Bonchev–Trinajstić information content (AvgIpc) is 3.12. The number of hydrogen-bond acceptors (Lipinski definition) is 4. The van der Waals surface area contributed by atoms with Crippen LogP contribution in [0.15, 0.2) is 48.5 Å². The van der Waals surface area contributed by atoms with Crippen LogP contribution in [0.3, 0.4) is 0 Å². The number of carboxylic acids is 1. The third-order valence-corrected chi connectivity index (χ3v) is 5.97. The van der Waals surface area contributed by atoms with Crippen LogP contribution in [0, 0.1) is 11.8 Å². The number of carboxylic acid groups (broad SMARTS) is 1. The van der Waals surface area contributed by atoms with Crippen LogP contribution in [0.4, 0.5) is 4.79 Å². The molecule has 2 amide bonds. The van der Waals surface area contributed by atoms with Crippen molar-refractivity contribution in [2.24, 2.45) is 11.8 Å². The van der Waals surface area contributed by atoms with Crippen LogP contribution in [0.2, 0.25) is 0 Å². The van der Waals surface area contributed by atoms with E-state index in [9.17, 15) is 14.4 Å². The number of fused-ring (bicyclic) bond motifs is 3. The molecule has 1 aliphatic rings. The Hall–Kier alpha value is -3.35. The van der Waals surface area contributed by atoms with Crippen molar-refractivity contribution in [2.45, 2.75) is 39.0 Å². The topological polar surface area (TPSA) is 105 Å². The summed E-state index contributed by atoms with van der Waals surface area (Å²) in [7, 11) is 0. The monoisotopic (exact) mass is 452 g/mol. The van der Waals surface area contributed by atoms with Gasteiger partial charge in [-0.05, 0) is 40.5 Å². The van der Waals surface area contributed by atoms with E-state index in [1.165, 1.54) is 11.1 Å². The number of carbonyl (C=O) groups excluding carboxylic acids is 2. The molecular formula is C26H32N2O5. The number of alkyl carbamates (subject to hydrolysis) is 1. The Morgan fingerprint density at radius 2 is 1.48 bits per heavy atom. The number of benzene rings is 2. The molecule has 0 heterocycles. The largest absolute Gasteiger partial charge is 0.481 e. The molecule has 176 valence electrons. The van der Waals surface area contributed by atoms with Gasteiger partial charge in [0, 0.05) is 31.8 Å². The lowest BCUT2D eigenvalue weighted by molar-refractivity contribution is -0.137. The third kappa shape index (κ3) is 6.81. The van der Waals surface area contributed by atoms with E-state index in [0.29, 0.717) is 19.5 Å². The van der Waals surface area contributed by atoms with Gasteiger partial charge < -0.3 is 20.5 Å². The third-order valence-electron chi connectivity index (χ3n) is 5.97. The molecule has 3 rings (SSSR count). The summed E-state index contributed by atoms with van der Waals surface area (Å²) in [4.78, 5) is 35.0. The van der Waals surface area contributed by atoms with Crippen LogP contribution in [0.5, 0.6) is 0 Å². The number of ether oxygens (including phenoxy) is 1. The minimum atomic E-state index is -0.832. The molecule has 3 N–H and O–H groups in total. The highest BCUT2D eigenvalue weighted by Gasteiger charge is 2.29. The maximum Gasteiger partial charge on any atom is 0.407 e. The number of amides is 2. The Bertz CT molecular complexity index is 945. The zero-order valence-corrected chi connectivity index (χ0v) is 19.2. The van der Waals surface area contributed by atoms with Crippen molar-refractivity contribution in [1.82, 2.24) is 10.6 Å². The molecule has 2 atom stereocenters. The summed E-state index contributed by atoms with van der Waals surface area (Å²) >= 11 is 0. The fourth-order valence-electron chi connectivity index (χ4n) is 4.13. The van der Waals surface area contributed by atoms with Crippen LogP contribution >= 0.6 is 0 Å². The molecular weight excluding hydrogens is 420 g/mol. The Morgan fingerprint density at radius 1 is 0.909 bits per heavy atom. The second-order valence-electron chi connectivity index (χ2n) is 8.86. The number of carbonyl (C=O) groups is 3. The summed E-state index contributed by atoms with van der Waals surface area (Å²) < 4.78 is 5.52. The van der Waals surface area contributed by atoms with Gasteiger partial charge in [0.05, 0.1) is 0 Å². The van der Waals surface area contributed by atoms with Crippen molar-refractivity contribution in [1.29, 1.82) is 0 Å². The maximum absolute atomic E-state index is 12.3. The van der Waals surface area contributed by atoms with E-state index in [1.807, 2.05) is 38.1 Å². The molecule has 2 unspecified atom stereocenters. The maximum atomic E-state index is 12.3. The molecule has 33 heavy (non-hydrogen) atoms. The molecule has 0 saturated carbocycles. The Balaban J connectivity index is 1.39. The second kappa shape index (κ2) is 11.5. The Morgan fingerprint density at radius 3 is 2.09 bits per heavy atom. The highest BCUT2D eigenvalue weighted by atomic mass is 16.5. The first kappa shape index (κ1) is 24.3. The van der Waals surface area contributed by atoms with Crippen molar-refractivity contribution < 1.29 is 24.2 Å². The summed E-state index contributed by atoms with van der Waals surface area (Å²) in [6.45, 7) is 4.82. The van der Waals surface area contributed by atoms with Gasteiger partial charge in [0.2, 0.25) is 5.91 Å². The SMILES string of the molecule is CC(CCC(=O)O)CNC(=O)CC(C)CNC(=O)OCC1c2ccccc2-c2ccccc21. The molecule has 0 fully saturated rings. The molecule has 7 nitrogen and oxygen atoms in total. The van der Waals surface area contributed by atoms with Crippen LogP contribution in [0.25, 0.3) is 11.1 Å². The van der Waals surface area contributed by atoms with Gasteiger partial charge in [0.1, 0.15) is 6.61 Å². The van der Waals surface area contributed by atoms with Crippen LogP contribution in [-0.4, -0.2) is 42.8 Å². The lowest BCUT2D eigenvalue weighted by atomic mass is 9.98. The van der Waals surface area contributed by atoms with Crippen molar-refractivity contribution >= 4 is 18.0 Å². The predicted molar refractivity (Wildman–Crippen MR) is 126 cm³/mol. The lowest BCUT2D eigenvalue weighted by Crippen LogP contribution is -2.34. The van der Waals surface area contributed by atoms with Gasteiger partial charge in [-0.15, -0.1) is 0 Å². The smallest absolute Gasteiger partial charge is 0.407 e. The van der Waals surface area contributed by atoms with Gasteiger partial charge in [0.15, 0.2) is 0 Å². The summed E-state index contributed by atoms with van der Waals surface area (Å²) in [5.74, 6) is -0.895. The first-order chi connectivity index (χ1) is 15.8. The van der Waals surface area contributed by atoms with Gasteiger partial charge in [-0.2, -0.15) is 0 Å². The Labute approximate surface area is 194 Å². The fraction of sp³-hybridized carbons (Fsp3) is 0.423. The average molecular weight is 453 g/mol. The Kier molecular flexibility index (Phi) is 8.46. The highest BCUT2D eigenvalue weighted by molar-refractivity contribution is 5.79. The summed E-state index contributed by atoms with van der Waals surface area (Å²) in [5.41, 5.74) is 4.68. The van der Waals surface area contributed by atoms with Crippen molar-refractivity contribution in [3.8, 4) is 11.1 Å². The molecule has 0 radical (unpaired) electrons. The highest BCUT2D eigenvalue weighted by Crippen LogP contribution is 2.44. The predicted octanol–water partition coefficient (Wildman–Crippen LogP) is 4.17. The molecule has 0 aliphatic heterocycles. The van der Waals surface area contributed by atoms with Crippen LogP contribution in [0.1, 0.15) is 50.2 Å². The molecule has 7 heteroatoms. The minimum absolute atomic E-state index is 0.00877. The standard InChI is InChI=1S/C26H32N2O5/c1-17(11-12-25(30)31)14-27-24(29)13-18(2)15-28-26(32)33-16-23-21-9-5-3-7-19(21)20-8-4-6-10-22(20)23/h3-10,17-18,23H,11-16H2,1-2H3,(H,27,29)(H,28,32)(H,30,31). The molecule has 2 aromatic rings. The number of aliphatic carboxylic acids is 1. The molecule has 0 spiro atoms. The summed E-state index contributed by atoms with van der Waals surface area (Å²) in [6, 6.07) is 16.4.